The Morgan fingerprint density at radius 3 is 2.59 bits per heavy atom. The Hall–Kier alpha value is -1.12. The van der Waals surface area contributed by atoms with Crippen LogP contribution < -0.4 is 5.32 Å². The zero-order valence-corrected chi connectivity index (χ0v) is 11.0. The van der Waals surface area contributed by atoms with Crippen molar-refractivity contribution in [3.05, 3.63) is 58.3 Å². The van der Waals surface area contributed by atoms with E-state index in [9.17, 15) is 0 Å². The monoisotopic (exact) mass is 245 g/mol. The molecule has 0 aliphatic heterocycles. The Morgan fingerprint density at radius 1 is 1.12 bits per heavy atom. The van der Waals surface area contributed by atoms with Crippen LogP contribution in [0.2, 0.25) is 0 Å². The van der Waals surface area contributed by atoms with Crippen LogP contribution in [0.25, 0.3) is 0 Å². The number of benzene rings is 1. The number of nitrogens with one attached hydrogen (secondary N) is 1. The van der Waals surface area contributed by atoms with Crippen LogP contribution in [0, 0.1) is 0 Å². The third-order valence-electron chi connectivity index (χ3n) is 3.03. The highest BCUT2D eigenvalue weighted by Crippen LogP contribution is 2.18. The molecule has 1 unspecified atom stereocenters. The lowest BCUT2D eigenvalue weighted by atomic mass is 9.96. The largest absolute Gasteiger partial charge is 0.311 e. The number of thiophene rings is 1. The summed E-state index contributed by atoms with van der Waals surface area (Å²) in [5.74, 6) is 0.621. The average molecular weight is 245 g/mol. The van der Waals surface area contributed by atoms with E-state index in [2.05, 4.69) is 60.1 Å². The lowest BCUT2D eigenvalue weighted by molar-refractivity contribution is 0.572. The van der Waals surface area contributed by atoms with Gasteiger partial charge in [0.1, 0.15) is 0 Å². The summed E-state index contributed by atoms with van der Waals surface area (Å²) < 4.78 is 0. The first-order valence-electron chi connectivity index (χ1n) is 6.18. The first kappa shape index (κ1) is 12.3. The van der Waals surface area contributed by atoms with Gasteiger partial charge in [-0.3, -0.25) is 0 Å². The van der Waals surface area contributed by atoms with Crippen LogP contribution in [-0.4, -0.2) is 6.54 Å². The highest BCUT2D eigenvalue weighted by atomic mass is 32.1. The predicted octanol–water partition coefficient (Wildman–Crippen LogP) is 4.03. The lowest BCUT2D eigenvalue weighted by Crippen LogP contribution is -2.20. The molecule has 1 nitrogen and oxygen atoms in total. The third kappa shape index (κ3) is 3.69. The van der Waals surface area contributed by atoms with E-state index in [1.165, 1.54) is 16.9 Å². The molecular formula is C15H19NS. The summed E-state index contributed by atoms with van der Waals surface area (Å²) in [6.07, 6.45) is 1.18. The molecule has 0 fully saturated rings. The Morgan fingerprint density at radius 2 is 1.94 bits per heavy atom. The minimum Gasteiger partial charge on any atom is -0.311 e. The van der Waals surface area contributed by atoms with Crippen molar-refractivity contribution >= 4 is 11.3 Å². The molecule has 17 heavy (non-hydrogen) atoms. The van der Waals surface area contributed by atoms with E-state index in [0.717, 1.165) is 13.1 Å². The minimum absolute atomic E-state index is 0.621. The van der Waals surface area contributed by atoms with E-state index < -0.39 is 0 Å². The molecule has 1 heterocycles. The van der Waals surface area contributed by atoms with E-state index in [0.29, 0.717) is 5.92 Å². The Bertz CT molecular complexity index is 408. The maximum atomic E-state index is 3.55. The molecule has 0 radical (unpaired) electrons. The number of rotatable bonds is 6. The lowest BCUT2D eigenvalue weighted by Gasteiger charge is -2.15. The quantitative estimate of drug-likeness (QED) is 0.810. The first-order chi connectivity index (χ1) is 8.40. The normalized spacial score (nSPS) is 12.5. The molecule has 2 rings (SSSR count). The van der Waals surface area contributed by atoms with Gasteiger partial charge in [0.15, 0.2) is 0 Å². The van der Waals surface area contributed by atoms with Crippen molar-refractivity contribution in [1.29, 1.82) is 0 Å². The second-order valence-electron chi connectivity index (χ2n) is 4.23. The van der Waals surface area contributed by atoms with Crippen LogP contribution in [0.5, 0.6) is 0 Å². The molecule has 0 bridgehead atoms. The fraction of sp³-hybridized carbons (Fsp3) is 0.333. The maximum absolute atomic E-state index is 3.55. The van der Waals surface area contributed by atoms with Crippen LogP contribution in [0.1, 0.15) is 29.7 Å². The molecule has 0 aliphatic rings. The summed E-state index contributed by atoms with van der Waals surface area (Å²) in [6, 6.07) is 15.1. The molecule has 1 N–H and O–H groups in total. The Balaban J connectivity index is 1.84. The van der Waals surface area contributed by atoms with Crippen molar-refractivity contribution in [2.24, 2.45) is 0 Å². The molecule has 0 spiro atoms. The second-order valence-corrected chi connectivity index (χ2v) is 5.26. The first-order valence-corrected chi connectivity index (χ1v) is 7.06. The van der Waals surface area contributed by atoms with Gasteiger partial charge in [-0.2, -0.15) is 0 Å². The van der Waals surface area contributed by atoms with Crippen molar-refractivity contribution in [2.45, 2.75) is 25.8 Å². The van der Waals surface area contributed by atoms with E-state index in [1.54, 1.807) is 0 Å². The highest BCUT2D eigenvalue weighted by molar-refractivity contribution is 7.09. The zero-order chi connectivity index (χ0) is 11.9. The molecule has 2 heteroatoms. The van der Waals surface area contributed by atoms with Crippen molar-refractivity contribution < 1.29 is 0 Å². The topological polar surface area (TPSA) is 12.0 Å². The summed E-state index contributed by atoms with van der Waals surface area (Å²) in [5, 5.41) is 5.68. The smallest absolute Gasteiger partial charge is 0.0299 e. The van der Waals surface area contributed by atoms with E-state index in [-0.39, 0.29) is 0 Å². The average Bonchev–Trinajstić information content (AvgIpc) is 2.89. The zero-order valence-electron chi connectivity index (χ0n) is 10.2. The van der Waals surface area contributed by atoms with E-state index in [1.807, 2.05) is 11.3 Å². The van der Waals surface area contributed by atoms with Gasteiger partial charge in [0.2, 0.25) is 0 Å². The fourth-order valence-corrected chi connectivity index (χ4v) is 2.68. The molecular weight excluding hydrogens is 226 g/mol. The van der Waals surface area contributed by atoms with Gasteiger partial charge < -0.3 is 5.32 Å². The van der Waals surface area contributed by atoms with Crippen LogP contribution >= 0.6 is 11.3 Å². The highest BCUT2D eigenvalue weighted by Gasteiger charge is 2.07. The standard InChI is InChI=1S/C15H19NS/c1-2-13(14-7-4-3-5-8-14)11-16-12-15-9-6-10-17-15/h3-10,13,16H,2,11-12H2,1H3. The van der Waals surface area contributed by atoms with Gasteiger partial charge in [0, 0.05) is 18.0 Å². The van der Waals surface area contributed by atoms with Gasteiger partial charge in [0.05, 0.1) is 0 Å². The van der Waals surface area contributed by atoms with Gasteiger partial charge in [-0.25, -0.2) is 0 Å². The van der Waals surface area contributed by atoms with Crippen LogP contribution in [0.3, 0.4) is 0 Å². The van der Waals surface area contributed by atoms with Gasteiger partial charge in [0.25, 0.3) is 0 Å². The molecule has 0 amide bonds. The summed E-state index contributed by atoms with van der Waals surface area (Å²) in [5.41, 5.74) is 1.44. The van der Waals surface area contributed by atoms with Crippen LogP contribution in [0.4, 0.5) is 0 Å². The fourth-order valence-electron chi connectivity index (χ4n) is 2.01. The van der Waals surface area contributed by atoms with Crippen LogP contribution in [0.15, 0.2) is 47.8 Å². The van der Waals surface area contributed by atoms with Gasteiger partial charge >= 0.3 is 0 Å². The summed E-state index contributed by atoms with van der Waals surface area (Å²) >= 11 is 1.82. The van der Waals surface area contributed by atoms with Crippen molar-refractivity contribution in [3.8, 4) is 0 Å². The maximum Gasteiger partial charge on any atom is 0.0299 e. The molecule has 90 valence electrons. The Kier molecular flexibility index (Phi) is 4.77. The van der Waals surface area contributed by atoms with E-state index >= 15 is 0 Å². The second kappa shape index (κ2) is 6.58. The SMILES string of the molecule is CCC(CNCc1cccs1)c1ccccc1. The van der Waals surface area contributed by atoms with Crippen molar-refractivity contribution in [1.82, 2.24) is 5.32 Å². The van der Waals surface area contributed by atoms with E-state index in [4.69, 9.17) is 0 Å². The van der Waals surface area contributed by atoms with Gasteiger partial charge in [-0.15, -0.1) is 11.3 Å². The Labute approximate surface area is 108 Å². The molecule has 1 atom stereocenters. The molecule has 1 aromatic carbocycles. The van der Waals surface area contributed by atoms with Gasteiger partial charge in [-0.05, 0) is 29.3 Å². The van der Waals surface area contributed by atoms with Crippen molar-refractivity contribution in [3.63, 3.8) is 0 Å². The molecule has 0 aliphatic carbocycles. The molecule has 2 aromatic rings. The number of hydrogen-bond acceptors (Lipinski definition) is 2. The predicted molar refractivity (Wildman–Crippen MR) is 75.5 cm³/mol. The summed E-state index contributed by atoms with van der Waals surface area (Å²) in [6.45, 7) is 4.30. The van der Waals surface area contributed by atoms with Crippen molar-refractivity contribution in [2.75, 3.05) is 6.54 Å². The minimum atomic E-state index is 0.621. The summed E-state index contributed by atoms with van der Waals surface area (Å²) in [7, 11) is 0. The number of hydrogen-bond donors (Lipinski definition) is 1. The third-order valence-corrected chi connectivity index (χ3v) is 3.91. The molecule has 0 saturated carbocycles. The molecule has 0 saturated heterocycles. The van der Waals surface area contributed by atoms with Gasteiger partial charge in [-0.1, -0.05) is 43.3 Å². The molecule has 1 aromatic heterocycles. The summed E-state index contributed by atoms with van der Waals surface area (Å²) in [4.78, 5) is 1.41. The van der Waals surface area contributed by atoms with Crippen LogP contribution in [-0.2, 0) is 6.54 Å².